The fraction of sp³-hybridized carbons (Fsp3) is 0.136. The monoisotopic (exact) mass is 444 g/mol. The number of benzene rings is 3. The van der Waals surface area contributed by atoms with Gasteiger partial charge in [0.25, 0.3) is 15.9 Å². The van der Waals surface area contributed by atoms with Crippen LogP contribution in [0.4, 0.5) is 11.4 Å². The summed E-state index contributed by atoms with van der Waals surface area (Å²) in [5.41, 5.74) is 1.02. The Balaban J connectivity index is 1.65. The Labute approximate surface area is 181 Å². The zero-order chi connectivity index (χ0) is 21.6. The van der Waals surface area contributed by atoms with Gasteiger partial charge in [0.1, 0.15) is 5.75 Å². The molecule has 0 aliphatic carbocycles. The summed E-state index contributed by atoms with van der Waals surface area (Å²) in [6.45, 7) is 1.84. The molecular weight excluding hydrogens is 424 g/mol. The van der Waals surface area contributed by atoms with Crippen molar-refractivity contribution in [2.45, 2.75) is 11.8 Å². The van der Waals surface area contributed by atoms with Crippen LogP contribution in [0.15, 0.2) is 83.8 Å². The van der Waals surface area contributed by atoms with Crippen molar-refractivity contribution in [1.29, 1.82) is 0 Å². The zero-order valence-electron chi connectivity index (χ0n) is 16.3. The van der Waals surface area contributed by atoms with Crippen LogP contribution in [-0.4, -0.2) is 27.5 Å². The molecule has 0 bridgehead atoms. The fourth-order valence-corrected chi connectivity index (χ4v) is 4.50. The van der Waals surface area contributed by atoms with Crippen molar-refractivity contribution in [3.05, 3.63) is 83.9 Å². The first-order chi connectivity index (χ1) is 14.4. The van der Waals surface area contributed by atoms with Crippen LogP contribution in [0, 0.1) is 0 Å². The average Bonchev–Trinajstić information content (AvgIpc) is 2.76. The number of anilines is 2. The minimum Gasteiger partial charge on any atom is -0.484 e. The van der Waals surface area contributed by atoms with Gasteiger partial charge in [0.05, 0.1) is 21.3 Å². The number of carbonyl (C=O) groups excluding carboxylic acids is 1. The lowest BCUT2D eigenvalue weighted by Crippen LogP contribution is -2.30. The Morgan fingerprint density at radius 1 is 0.967 bits per heavy atom. The van der Waals surface area contributed by atoms with E-state index in [1.165, 1.54) is 4.31 Å². The molecule has 3 aromatic rings. The fourth-order valence-electron chi connectivity index (χ4n) is 2.82. The molecule has 0 spiro atoms. The minimum absolute atomic E-state index is 0.204. The lowest BCUT2D eigenvalue weighted by molar-refractivity contribution is -0.118. The lowest BCUT2D eigenvalue weighted by atomic mass is 10.3. The van der Waals surface area contributed by atoms with Crippen LogP contribution in [0.5, 0.6) is 5.75 Å². The van der Waals surface area contributed by atoms with E-state index < -0.39 is 10.0 Å². The van der Waals surface area contributed by atoms with E-state index in [1.54, 1.807) is 85.8 Å². The highest BCUT2D eigenvalue weighted by atomic mass is 35.5. The largest absolute Gasteiger partial charge is 0.484 e. The summed E-state index contributed by atoms with van der Waals surface area (Å²) in [6, 6.07) is 21.7. The number of halogens is 1. The average molecular weight is 445 g/mol. The SMILES string of the molecule is CCN(c1ccc(OCC(=O)Nc2ccccc2Cl)cc1)S(=O)(=O)c1ccccc1. The van der Waals surface area contributed by atoms with E-state index in [2.05, 4.69) is 5.32 Å². The van der Waals surface area contributed by atoms with Gasteiger partial charge >= 0.3 is 0 Å². The Kier molecular flexibility index (Phi) is 6.97. The molecule has 30 heavy (non-hydrogen) atoms. The first-order valence-corrected chi connectivity index (χ1v) is 11.1. The molecule has 0 saturated heterocycles. The number of hydrogen-bond donors (Lipinski definition) is 1. The van der Waals surface area contributed by atoms with Gasteiger partial charge in [0, 0.05) is 6.54 Å². The summed E-state index contributed by atoms with van der Waals surface area (Å²) < 4.78 is 32.6. The van der Waals surface area contributed by atoms with Crippen LogP contribution >= 0.6 is 11.6 Å². The Morgan fingerprint density at radius 2 is 1.60 bits per heavy atom. The zero-order valence-corrected chi connectivity index (χ0v) is 17.9. The predicted molar refractivity (Wildman–Crippen MR) is 119 cm³/mol. The number of amides is 1. The van der Waals surface area contributed by atoms with E-state index in [9.17, 15) is 13.2 Å². The molecule has 0 radical (unpaired) electrons. The molecule has 1 N–H and O–H groups in total. The minimum atomic E-state index is -3.67. The maximum atomic E-state index is 12.9. The summed E-state index contributed by atoms with van der Waals surface area (Å²) in [5, 5.41) is 3.11. The van der Waals surface area contributed by atoms with Gasteiger partial charge in [-0.15, -0.1) is 0 Å². The van der Waals surface area contributed by atoms with Gasteiger partial charge in [0.15, 0.2) is 6.61 Å². The highest BCUT2D eigenvalue weighted by Crippen LogP contribution is 2.26. The molecule has 0 fully saturated rings. The summed E-state index contributed by atoms with van der Waals surface area (Å²) in [5.74, 6) is 0.0928. The highest BCUT2D eigenvalue weighted by molar-refractivity contribution is 7.92. The van der Waals surface area contributed by atoms with Crippen molar-refractivity contribution < 1.29 is 17.9 Å². The van der Waals surface area contributed by atoms with Crippen LogP contribution < -0.4 is 14.4 Å². The van der Waals surface area contributed by atoms with E-state index in [4.69, 9.17) is 16.3 Å². The van der Waals surface area contributed by atoms with Gasteiger partial charge in [-0.3, -0.25) is 9.10 Å². The number of nitrogens with one attached hydrogen (secondary N) is 1. The highest BCUT2D eigenvalue weighted by Gasteiger charge is 2.23. The Bertz CT molecular complexity index is 1100. The van der Waals surface area contributed by atoms with Gasteiger partial charge in [0.2, 0.25) is 0 Å². The third-order valence-corrected chi connectivity index (χ3v) is 6.51. The molecule has 0 aliphatic rings. The predicted octanol–water partition coefficient (Wildman–Crippen LogP) is 4.57. The van der Waals surface area contributed by atoms with Gasteiger partial charge < -0.3 is 10.1 Å². The number of carbonyl (C=O) groups is 1. The van der Waals surface area contributed by atoms with Gasteiger partial charge in [-0.1, -0.05) is 41.9 Å². The summed E-state index contributed by atoms with van der Waals surface area (Å²) >= 11 is 6.02. The molecular formula is C22H21ClN2O4S. The van der Waals surface area contributed by atoms with Gasteiger partial charge in [-0.2, -0.15) is 0 Å². The molecule has 0 saturated carbocycles. The number of para-hydroxylation sites is 1. The molecule has 156 valence electrons. The van der Waals surface area contributed by atoms with Crippen molar-refractivity contribution in [2.24, 2.45) is 0 Å². The third kappa shape index (κ3) is 5.11. The molecule has 3 aromatic carbocycles. The van der Waals surface area contributed by atoms with Crippen molar-refractivity contribution in [1.82, 2.24) is 0 Å². The quantitative estimate of drug-likeness (QED) is 0.552. The van der Waals surface area contributed by atoms with Crippen LogP contribution in [0.2, 0.25) is 5.02 Å². The second kappa shape index (κ2) is 9.65. The van der Waals surface area contributed by atoms with E-state index in [1.807, 2.05) is 0 Å². The van der Waals surface area contributed by atoms with Crippen LogP contribution in [0.1, 0.15) is 6.92 Å². The molecule has 0 heterocycles. The second-order valence-electron chi connectivity index (χ2n) is 6.29. The van der Waals surface area contributed by atoms with Crippen molar-refractivity contribution in [3.63, 3.8) is 0 Å². The smallest absolute Gasteiger partial charge is 0.264 e. The molecule has 6 nitrogen and oxygen atoms in total. The number of sulfonamides is 1. The van der Waals surface area contributed by atoms with Crippen molar-refractivity contribution in [3.8, 4) is 5.75 Å². The maximum Gasteiger partial charge on any atom is 0.264 e. The second-order valence-corrected chi connectivity index (χ2v) is 8.56. The topological polar surface area (TPSA) is 75.7 Å². The molecule has 0 atom stereocenters. The number of hydrogen-bond acceptors (Lipinski definition) is 4. The Morgan fingerprint density at radius 3 is 2.23 bits per heavy atom. The van der Waals surface area contributed by atoms with Crippen molar-refractivity contribution >= 4 is 38.9 Å². The van der Waals surface area contributed by atoms with Crippen molar-refractivity contribution in [2.75, 3.05) is 22.8 Å². The first-order valence-electron chi connectivity index (χ1n) is 9.27. The number of ether oxygens (including phenoxy) is 1. The third-order valence-electron chi connectivity index (χ3n) is 4.26. The van der Waals surface area contributed by atoms with E-state index in [0.29, 0.717) is 22.1 Å². The summed E-state index contributed by atoms with van der Waals surface area (Å²) in [6.07, 6.45) is 0. The standard InChI is InChI=1S/C22H21ClN2O4S/c1-2-25(30(27,28)19-8-4-3-5-9-19)17-12-14-18(15-13-17)29-16-22(26)24-21-11-7-6-10-20(21)23/h3-15H,2,16H2,1H3,(H,24,26). The van der Waals surface area contributed by atoms with E-state index in [0.717, 1.165) is 0 Å². The molecule has 0 aliphatic heterocycles. The van der Waals surface area contributed by atoms with E-state index >= 15 is 0 Å². The maximum absolute atomic E-state index is 12.9. The van der Waals surface area contributed by atoms with Crippen LogP contribution in [0.3, 0.4) is 0 Å². The Hall–Kier alpha value is -3.03. The molecule has 3 rings (SSSR count). The molecule has 0 aromatic heterocycles. The van der Waals surface area contributed by atoms with Gasteiger partial charge in [-0.25, -0.2) is 8.42 Å². The number of rotatable bonds is 8. The molecule has 0 unspecified atom stereocenters. The first kappa shape index (κ1) is 21.7. The molecule has 1 amide bonds. The van der Waals surface area contributed by atoms with Crippen LogP contribution in [-0.2, 0) is 14.8 Å². The van der Waals surface area contributed by atoms with E-state index in [-0.39, 0.29) is 24.0 Å². The summed E-state index contributed by atoms with van der Waals surface area (Å²) in [4.78, 5) is 12.3. The molecule has 8 heteroatoms. The van der Waals surface area contributed by atoms with Crippen LogP contribution in [0.25, 0.3) is 0 Å². The summed E-state index contributed by atoms with van der Waals surface area (Å²) in [7, 11) is -3.67. The number of nitrogens with zero attached hydrogens (tertiary/aromatic N) is 1. The lowest BCUT2D eigenvalue weighted by Gasteiger charge is -2.23. The van der Waals surface area contributed by atoms with Gasteiger partial charge in [-0.05, 0) is 55.5 Å². The normalized spacial score (nSPS) is 11.0.